The number of methoxy groups -OCH3 is 2. The lowest BCUT2D eigenvalue weighted by molar-refractivity contribution is -0.0122. The number of benzene rings is 2. The highest BCUT2D eigenvalue weighted by molar-refractivity contribution is 6.00. The van der Waals surface area contributed by atoms with Crippen LogP contribution in [0.5, 0.6) is 17.2 Å². The van der Waals surface area contributed by atoms with Crippen LogP contribution in [0.2, 0.25) is 0 Å². The molecule has 32 heavy (non-hydrogen) atoms. The average molecular weight is 435 g/mol. The van der Waals surface area contributed by atoms with Gasteiger partial charge in [0.1, 0.15) is 22.8 Å². The molecule has 1 saturated heterocycles. The molecule has 1 spiro atoms. The first-order valence-corrected chi connectivity index (χ1v) is 10.7. The molecular formula is C24H25N3O5. The number of nitrogens with zero attached hydrogens (tertiary/aromatic N) is 3. The van der Waals surface area contributed by atoms with E-state index in [9.17, 15) is 4.79 Å². The number of carbonyl (C=O) groups excluding carboxylic acids is 1. The molecule has 0 unspecified atom stereocenters. The second-order valence-corrected chi connectivity index (χ2v) is 8.22. The van der Waals surface area contributed by atoms with E-state index >= 15 is 0 Å². The molecule has 8 heteroatoms. The number of hydrogen-bond acceptors (Lipinski definition) is 8. The third kappa shape index (κ3) is 3.82. The number of carbonyl (C=O) groups is 1. The van der Waals surface area contributed by atoms with Crippen LogP contribution < -0.4 is 14.2 Å². The maximum absolute atomic E-state index is 12.6. The molecule has 0 radical (unpaired) electrons. The summed E-state index contributed by atoms with van der Waals surface area (Å²) in [6.07, 6.45) is 1.98. The Morgan fingerprint density at radius 3 is 2.62 bits per heavy atom. The normalized spacial score (nSPS) is 17.6. The Bertz CT molecular complexity index is 1130. The highest BCUT2D eigenvalue weighted by Gasteiger charge is 2.42. The lowest BCUT2D eigenvalue weighted by Crippen LogP contribution is -2.50. The Morgan fingerprint density at radius 2 is 1.84 bits per heavy atom. The summed E-state index contributed by atoms with van der Waals surface area (Å²) >= 11 is 0. The number of aromatic nitrogens is 2. The summed E-state index contributed by atoms with van der Waals surface area (Å²) in [5, 5.41) is 8.43. The van der Waals surface area contributed by atoms with Crippen LogP contribution in [0.3, 0.4) is 0 Å². The maximum Gasteiger partial charge on any atom is 0.251 e. The van der Waals surface area contributed by atoms with Crippen molar-refractivity contribution in [2.24, 2.45) is 0 Å². The van der Waals surface area contributed by atoms with Crippen LogP contribution in [0.4, 0.5) is 0 Å². The van der Waals surface area contributed by atoms with Crippen LogP contribution in [0, 0.1) is 0 Å². The summed E-state index contributed by atoms with van der Waals surface area (Å²) in [5.41, 5.74) is 0.957. The van der Waals surface area contributed by atoms with Gasteiger partial charge in [-0.25, -0.2) is 0 Å². The van der Waals surface area contributed by atoms with Gasteiger partial charge in [-0.2, -0.15) is 0 Å². The van der Waals surface area contributed by atoms with E-state index in [4.69, 9.17) is 18.6 Å². The molecular weight excluding hydrogens is 410 g/mol. The van der Waals surface area contributed by atoms with Gasteiger partial charge in [0.25, 0.3) is 5.89 Å². The Labute approximate surface area is 186 Å². The van der Waals surface area contributed by atoms with E-state index in [0.717, 1.165) is 25.9 Å². The zero-order valence-electron chi connectivity index (χ0n) is 18.2. The van der Waals surface area contributed by atoms with Gasteiger partial charge in [0.2, 0.25) is 5.89 Å². The molecule has 2 aliphatic rings. The molecule has 1 aromatic heterocycles. The van der Waals surface area contributed by atoms with E-state index in [0.29, 0.717) is 53.1 Å². The second-order valence-electron chi connectivity index (χ2n) is 8.22. The van der Waals surface area contributed by atoms with E-state index in [-0.39, 0.29) is 5.78 Å². The van der Waals surface area contributed by atoms with Crippen molar-refractivity contribution >= 4 is 5.78 Å². The average Bonchev–Trinajstić information content (AvgIpc) is 3.28. The van der Waals surface area contributed by atoms with Crippen molar-refractivity contribution in [1.29, 1.82) is 0 Å². The third-order valence-electron chi connectivity index (χ3n) is 6.23. The van der Waals surface area contributed by atoms with E-state index < -0.39 is 5.60 Å². The predicted molar refractivity (Wildman–Crippen MR) is 116 cm³/mol. The zero-order valence-corrected chi connectivity index (χ0v) is 18.2. The lowest BCUT2D eigenvalue weighted by Gasteiger charge is -2.43. The monoisotopic (exact) mass is 435 g/mol. The van der Waals surface area contributed by atoms with Crippen LogP contribution in [0.1, 0.15) is 35.5 Å². The van der Waals surface area contributed by atoms with E-state index in [1.165, 1.54) is 0 Å². The minimum atomic E-state index is -0.421. The molecule has 0 amide bonds. The summed E-state index contributed by atoms with van der Waals surface area (Å²) in [6, 6.07) is 12.9. The van der Waals surface area contributed by atoms with Crippen LogP contribution in [0.15, 0.2) is 46.9 Å². The fourth-order valence-corrected chi connectivity index (χ4v) is 4.44. The Morgan fingerprint density at radius 1 is 1.03 bits per heavy atom. The standard InChI is InChI=1S/C24H25N3O5/c1-29-16-7-8-20(30-2)18(13-16)23-26-25-22(31-23)15-27-11-9-24(10-12-27)14-19(28)17-5-3-4-6-21(17)32-24/h3-8,13H,9-12,14-15H2,1-2H3. The zero-order chi connectivity index (χ0) is 22.1. The molecule has 166 valence electrons. The fourth-order valence-electron chi connectivity index (χ4n) is 4.44. The molecule has 3 aromatic rings. The molecule has 8 nitrogen and oxygen atoms in total. The highest BCUT2D eigenvalue weighted by Crippen LogP contribution is 2.39. The maximum atomic E-state index is 12.6. The van der Waals surface area contributed by atoms with Gasteiger partial charge in [0, 0.05) is 25.9 Å². The number of likely N-dealkylation sites (tertiary alicyclic amines) is 1. The highest BCUT2D eigenvalue weighted by atomic mass is 16.5. The summed E-state index contributed by atoms with van der Waals surface area (Å²) < 4.78 is 23.0. The van der Waals surface area contributed by atoms with Crippen molar-refractivity contribution in [3.8, 4) is 28.7 Å². The van der Waals surface area contributed by atoms with Crippen LogP contribution in [0.25, 0.3) is 11.5 Å². The molecule has 3 heterocycles. The minimum Gasteiger partial charge on any atom is -0.497 e. The summed E-state index contributed by atoms with van der Waals surface area (Å²) in [6.45, 7) is 2.12. The van der Waals surface area contributed by atoms with Gasteiger partial charge in [0.15, 0.2) is 5.78 Å². The van der Waals surface area contributed by atoms with Gasteiger partial charge in [-0.3, -0.25) is 9.69 Å². The van der Waals surface area contributed by atoms with E-state index in [1.54, 1.807) is 14.2 Å². The van der Waals surface area contributed by atoms with Crippen molar-refractivity contribution in [2.45, 2.75) is 31.4 Å². The molecule has 2 aliphatic heterocycles. The number of ketones is 1. The Hall–Kier alpha value is -3.39. The molecule has 0 aliphatic carbocycles. The number of rotatable bonds is 5. The molecule has 1 fully saturated rings. The molecule has 0 atom stereocenters. The number of piperidine rings is 1. The number of hydrogen-bond donors (Lipinski definition) is 0. The summed E-state index contributed by atoms with van der Waals surface area (Å²) in [5.74, 6) is 3.11. The van der Waals surface area contributed by atoms with E-state index in [2.05, 4.69) is 15.1 Å². The molecule has 0 N–H and O–H groups in total. The topological polar surface area (TPSA) is 86.9 Å². The molecule has 5 rings (SSSR count). The van der Waals surface area contributed by atoms with Crippen LogP contribution >= 0.6 is 0 Å². The van der Waals surface area contributed by atoms with Crippen molar-refractivity contribution in [2.75, 3.05) is 27.3 Å². The van der Waals surface area contributed by atoms with Crippen LogP contribution in [-0.2, 0) is 6.54 Å². The number of Topliss-reactive ketones (excluding diaryl/α,β-unsaturated/α-hetero) is 1. The Balaban J connectivity index is 1.25. The summed E-state index contributed by atoms with van der Waals surface area (Å²) in [7, 11) is 3.21. The molecule has 2 aromatic carbocycles. The van der Waals surface area contributed by atoms with Gasteiger partial charge < -0.3 is 18.6 Å². The SMILES string of the molecule is COc1ccc(OC)c(-c2nnc(CN3CCC4(CC3)CC(=O)c3ccccc3O4)o2)c1. The van der Waals surface area contributed by atoms with Crippen molar-refractivity contribution in [1.82, 2.24) is 15.1 Å². The first kappa shape index (κ1) is 20.5. The van der Waals surface area contributed by atoms with Gasteiger partial charge >= 0.3 is 0 Å². The largest absolute Gasteiger partial charge is 0.497 e. The number of fused-ring (bicyclic) bond motifs is 1. The fraction of sp³-hybridized carbons (Fsp3) is 0.375. The number of para-hydroxylation sites is 1. The van der Waals surface area contributed by atoms with Crippen LogP contribution in [-0.4, -0.2) is 53.8 Å². The molecule has 0 bridgehead atoms. The smallest absolute Gasteiger partial charge is 0.251 e. The van der Waals surface area contributed by atoms with Gasteiger partial charge in [-0.05, 0) is 30.3 Å². The number of ether oxygens (including phenoxy) is 3. The first-order valence-electron chi connectivity index (χ1n) is 10.7. The van der Waals surface area contributed by atoms with Crippen molar-refractivity contribution < 1.29 is 23.4 Å². The third-order valence-corrected chi connectivity index (χ3v) is 6.23. The predicted octanol–water partition coefficient (Wildman–Crippen LogP) is 3.75. The van der Waals surface area contributed by atoms with Gasteiger partial charge in [-0.1, -0.05) is 12.1 Å². The first-order chi connectivity index (χ1) is 15.6. The molecule has 0 saturated carbocycles. The lowest BCUT2D eigenvalue weighted by atomic mass is 9.82. The quantitative estimate of drug-likeness (QED) is 0.599. The van der Waals surface area contributed by atoms with E-state index in [1.807, 2.05) is 42.5 Å². The Kier molecular flexibility index (Phi) is 5.30. The van der Waals surface area contributed by atoms with Crippen molar-refractivity contribution in [3.63, 3.8) is 0 Å². The minimum absolute atomic E-state index is 0.161. The van der Waals surface area contributed by atoms with Gasteiger partial charge in [-0.15, -0.1) is 10.2 Å². The second kappa shape index (κ2) is 8.27. The van der Waals surface area contributed by atoms with Gasteiger partial charge in [0.05, 0.1) is 38.3 Å². The summed E-state index contributed by atoms with van der Waals surface area (Å²) in [4.78, 5) is 14.9. The van der Waals surface area contributed by atoms with Crippen molar-refractivity contribution in [3.05, 3.63) is 53.9 Å².